The fraction of sp³-hybridized carbons (Fsp3) is 0.231. The van der Waals surface area contributed by atoms with Crippen LogP contribution in [0.3, 0.4) is 0 Å². The number of fused-ring (bicyclic) bond motifs is 1. The van der Waals surface area contributed by atoms with E-state index in [9.17, 15) is 9.59 Å². The van der Waals surface area contributed by atoms with Crippen LogP contribution >= 0.6 is 0 Å². The molecule has 0 fully saturated rings. The fourth-order valence-corrected chi connectivity index (χ4v) is 4.22. The molecule has 3 aromatic heterocycles. The van der Waals surface area contributed by atoms with Crippen molar-refractivity contribution in [1.82, 2.24) is 40.4 Å². The van der Waals surface area contributed by atoms with Gasteiger partial charge in [0.15, 0.2) is 11.3 Å². The summed E-state index contributed by atoms with van der Waals surface area (Å²) in [5.74, 6) is 0.122. The Morgan fingerprint density at radius 3 is 2.18 bits per heavy atom. The zero-order chi connectivity index (χ0) is 26.8. The second kappa shape index (κ2) is 10.2. The Balaban J connectivity index is 1.57. The molecule has 0 spiro atoms. The van der Waals surface area contributed by atoms with Crippen LogP contribution in [0.5, 0.6) is 11.8 Å². The molecule has 12 nitrogen and oxygen atoms in total. The number of aromatic nitrogens is 8. The molecule has 5 aromatic rings. The summed E-state index contributed by atoms with van der Waals surface area (Å²) in [6.45, 7) is 6.94. The van der Waals surface area contributed by atoms with Crippen molar-refractivity contribution in [3.05, 3.63) is 59.9 Å². The van der Waals surface area contributed by atoms with E-state index in [0.29, 0.717) is 29.2 Å². The molecule has 5 rings (SSSR count). The van der Waals surface area contributed by atoms with E-state index in [4.69, 9.17) is 14.5 Å². The van der Waals surface area contributed by atoms with Crippen molar-refractivity contribution in [3.63, 3.8) is 0 Å². The summed E-state index contributed by atoms with van der Waals surface area (Å²) >= 11 is 0. The Morgan fingerprint density at radius 2 is 1.55 bits per heavy atom. The first kappa shape index (κ1) is 24.7. The number of nitrogens with zero attached hydrogens (tertiary/aromatic N) is 7. The molecule has 38 heavy (non-hydrogen) atoms. The number of aromatic amines is 1. The van der Waals surface area contributed by atoms with E-state index in [0.717, 1.165) is 22.3 Å². The first-order valence-corrected chi connectivity index (χ1v) is 11.9. The molecule has 0 saturated carbocycles. The van der Waals surface area contributed by atoms with Gasteiger partial charge in [-0.05, 0) is 27.1 Å². The highest BCUT2D eigenvalue weighted by Gasteiger charge is 2.24. The molecule has 3 heterocycles. The summed E-state index contributed by atoms with van der Waals surface area (Å²) in [6, 6.07) is 15.9. The Kier molecular flexibility index (Phi) is 6.60. The molecule has 0 unspecified atom stereocenters. The Hall–Kier alpha value is -5.00. The van der Waals surface area contributed by atoms with E-state index in [1.807, 2.05) is 66.9 Å². The van der Waals surface area contributed by atoms with Gasteiger partial charge < -0.3 is 14.0 Å². The normalized spacial score (nSPS) is 11.2. The molecule has 0 bridgehead atoms. The smallest absolute Gasteiger partial charge is 0.309 e. The average Bonchev–Trinajstić information content (AvgIpc) is 3.55. The van der Waals surface area contributed by atoms with Gasteiger partial charge in [-0.3, -0.25) is 9.59 Å². The topological polar surface area (TPSA) is 151 Å². The van der Waals surface area contributed by atoms with Gasteiger partial charge in [0.05, 0.1) is 0 Å². The van der Waals surface area contributed by atoms with Crippen molar-refractivity contribution in [2.24, 2.45) is 0 Å². The lowest BCUT2D eigenvalue weighted by Gasteiger charge is -2.14. The van der Waals surface area contributed by atoms with Gasteiger partial charge in [0, 0.05) is 31.9 Å². The highest BCUT2D eigenvalue weighted by molar-refractivity contribution is 5.88. The number of carbonyl (C=O) groups is 2. The molecular formula is C26H24N8O4. The molecule has 0 atom stereocenters. The third kappa shape index (κ3) is 4.83. The second-order valence-electron chi connectivity index (χ2n) is 8.90. The summed E-state index contributed by atoms with van der Waals surface area (Å²) in [5, 5.41) is 22.2. The molecule has 0 aliphatic rings. The average molecular weight is 513 g/mol. The molecular weight excluding hydrogens is 488 g/mol. The van der Waals surface area contributed by atoms with Crippen molar-refractivity contribution < 1.29 is 19.1 Å². The Bertz CT molecular complexity index is 1630. The van der Waals surface area contributed by atoms with E-state index >= 15 is 0 Å². The molecule has 0 aliphatic carbocycles. The van der Waals surface area contributed by atoms with E-state index in [2.05, 4.69) is 30.8 Å². The van der Waals surface area contributed by atoms with Gasteiger partial charge in [0.1, 0.15) is 11.3 Å². The number of hydrogen-bond acceptors (Lipinski definition) is 10. The molecule has 0 saturated heterocycles. The number of H-pyrrole nitrogens is 1. The third-order valence-electron chi connectivity index (χ3n) is 5.76. The summed E-state index contributed by atoms with van der Waals surface area (Å²) in [5.41, 5.74) is 4.53. The van der Waals surface area contributed by atoms with Crippen molar-refractivity contribution in [3.8, 4) is 34.3 Å². The molecule has 0 amide bonds. The van der Waals surface area contributed by atoms with Gasteiger partial charge in [-0.15, -0.1) is 15.3 Å². The molecule has 0 radical (unpaired) electrons. The van der Waals surface area contributed by atoms with Crippen LogP contribution in [-0.4, -0.2) is 52.3 Å². The number of esters is 2. The van der Waals surface area contributed by atoms with Crippen molar-refractivity contribution in [2.45, 2.75) is 40.2 Å². The molecule has 1 N–H and O–H groups in total. The standard InChI is InChI=1S/C26H24N8O4/c1-14(2)24-27-21-22(26(38-16(4)36)31-30-25(21)37-15(3)35)34(24)13-17-9-11-18(12-10-17)19-7-5-6-8-20(19)23-28-32-33-29-23/h5-12,14H,13H2,1-4H3,(H,28,29,32,33). The number of tetrazole rings is 1. The number of imidazole rings is 1. The predicted molar refractivity (Wildman–Crippen MR) is 136 cm³/mol. The Labute approximate surface area is 217 Å². The van der Waals surface area contributed by atoms with Crippen molar-refractivity contribution in [2.75, 3.05) is 0 Å². The van der Waals surface area contributed by atoms with Crippen molar-refractivity contribution in [1.29, 1.82) is 0 Å². The maximum absolute atomic E-state index is 11.8. The second-order valence-corrected chi connectivity index (χ2v) is 8.90. The first-order chi connectivity index (χ1) is 18.3. The number of ether oxygens (including phenoxy) is 2. The summed E-state index contributed by atoms with van der Waals surface area (Å²) in [6.07, 6.45) is 0. The maximum Gasteiger partial charge on any atom is 0.309 e. The number of nitrogens with one attached hydrogen (secondary N) is 1. The van der Waals surface area contributed by atoms with Crippen LogP contribution in [0, 0.1) is 0 Å². The van der Waals surface area contributed by atoms with Crippen LogP contribution < -0.4 is 9.47 Å². The highest BCUT2D eigenvalue weighted by Crippen LogP contribution is 2.34. The van der Waals surface area contributed by atoms with Gasteiger partial charge in [-0.25, -0.2) is 10.1 Å². The Morgan fingerprint density at radius 1 is 0.895 bits per heavy atom. The minimum absolute atomic E-state index is 0.000536. The van der Waals surface area contributed by atoms with E-state index in [1.54, 1.807) is 0 Å². The van der Waals surface area contributed by atoms with Crippen LogP contribution in [0.4, 0.5) is 0 Å². The molecule has 192 valence electrons. The minimum atomic E-state index is -0.557. The summed E-state index contributed by atoms with van der Waals surface area (Å²) in [4.78, 5) is 28.2. The maximum atomic E-state index is 11.8. The number of benzene rings is 2. The number of carbonyl (C=O) groups excluding carboxylic acids is 2. The van der Waals surface area contributed by atoms with E-state index < -0.39 is 11.9 Å². The lowest BCUT2D eigenvalue weighted by Crippen LogP contribution is -2.11. The van der Waals surface area contributed by atoms with Crippen molar-refractivity contribution >= 4 is 23.0 Å². The number of hydrogen-bond donors (Lipinski definition) is 1. The van der Waals surface area contributed by atoms with Gasteiger partial charge in [-0.1, -0.05) is 62.4 Å². The highest BCUT2D eigenvalue weighted by atomic mass is 16.6. The zero-order valence-corrected chi connectivity index (χ0v) is 21.2. The SMILES string of the molecule is CC(=O)Oc1nnc(OC(C)=O)c2c1nc(C(C)C)n2Cc1ccc(-c2ccccc2-c2nnn[nH]2)cc1. The van der Waals surface area contributed by atoms with Crippen LogP contribution in [0.1, 0.15) is 45.0 Å². The molecule has 2 aromatic carbocycles. The molecule has 12 heteroatoms. The van der Waals surface area contributed by atoms with Crippen LogP contribution in [0.25, 0.3) is 33.5 Å². The minimum Gasteiger partial charge on any atom is -0.404 e. The quantitative estimate of drug-likeness (QED) is 0.320. The van der Waals surface area contributed by atoms with E-state index in [-0.39, 0.29) is 17.7 Å². The lowest BCUT2D eigenvalue weighted by molar-refractivity contribution is -0.133. The predicted octanol–water partition coefficient (Wildman–Crippen LogP) is 3.70. The van der Waals surface area contributed by atoms with Gasteiger partial charge in [-0.2, -0.15) is 0 Å². The van der Waals surface area contributed by atoms with Gasteiger partial charge in [0.2, 0.25) is 0 Å². The fourth-order valence-electron chi connectivity index (χ4n) is 4.22. The van der Waals surface area contributed by atoms with Gasteiger partial charge >= 0.3 is 11.9 Å². The van der Waals surface area contributed by atoms with Crippen LogP contribution in [0.2, 0.25) is 0 Å². The van der Waals surface area contributed by atoms with Gasteiger partial charge in [0.25, 0.3) is 11.8 Å². The largest absolute Gasteiger partial charge is 0.404 e. The third-order valence-corrected chi connectivity index (χ3v) is 5.76. The zero-order valence-electron chi connectivity index (χ0n) is 21.2. The molecule has 0 aliphatic heterocycles. The summed E-state index contributed by atoms with van der Waals surface area (Å²) in [7, 11) is 0. The van der Waals surface area contributed by atoms with Crippen LogP contribution in [0.15, 0.2) is 48.5 Å². The first-order valence-electron chi connectivity index (χ1n) is 11.9. The summed E-state index contributed by atoms with van der Waals surface area (Å²) < 4.78 is 12.5. The number of rotatable bonds is 7. The lowest BCUT2D eigenvalue weighted by atomic mass is 9.98. The monoisotopic (exact) mass is 512 g/mol. The van der Waals surface area contributed by atoms with E-state index in [1.165, 1.54) is 13.8 Å². The van der Waals surface area contributed by atoms with Crippen LogP contribution in [-0.2, 0) is 16.1 Å².